The molecule has 2 fully saturated rings. The van der Waals surface area contributed by atoms with Crippen molar-refractivity contribution in [3.8, 4) is 0 Å². The van der Waals surface area contributed by atoms with Crippen molar-refractivity contribution in [1.82, 2.24) is 15.2 Å². The van der Waals surface area contributed by atoms with Crippen LogP contribution in [0.4, 0.5) is 0 Å². The zero-order chi connectivity index (χ0) is 11.7. The summed E-state index contributed by atoms with van der Waals surface area (Å²) in [6, 6.07) is 0.781. The summed E-state index contributed by atoms with van der Waals surface area (Å²) >= 11 is 1.82. The van der Waals surface area contributed by atoms with E-state index < -0.39 is 0 Å². The molecule has 1 saturated heterocycles. The Morgan fingerprint density at radius 2 is 2.35 bits per heavy atom. The predicted molar refractivity (Wildman–Crippen MR) is 71.4 cm³/mol. The molecule has 1 aromatic heterocycles. The van der Waals surface area contributed by atoms with Crippen molar-refractivity contribution >= 4 is 11.3 Å². The average Bonchev–Trinajstić information content (AvgIpc) is 3.04. The van der Waals surface area contributed by atoms with Crippen LogP contribution in [0.2, 0.25) is 0 Å². The highest BCUT2D eigenvalue weighted by atomic mass is 32.1. The van der Waals surface area contributed by atoms with Gasteiger partial charge in [-0.05, 0) is 39.3 Å². The third-order valence-corrected chi connectivity index (χ3v) is 4.60. The van der Waals surface area contributed by atoms with Crippen molar-refractivity contribution in [2.75, 3.05) is 20.1 Å². The van der Waals surface area contributed by atoms with Crippen LogP contribution in [0.25, 0.3) is 0 Å². The lowest BCUT2D eigenvalue weighted by molar-refractivity contribution is 0.248. The lowest BCUT2D eigenvalue weighted by atomic mass is 9.96. The molecular weight excluding hydrogens is 230 g/mol. The number of nitrogens with zero attached hydrogens (tertiary/aromatic N) is 2. The SMILES string of the molecule is CN1CCCC(c2csc(CNC3CC3)n2)C1. The minimum atomic E-state index is 0.666. The molecule has 1 unspecified atom stereocenters. The molecule has 1 aliphatic carbocycles. The van der Waals surface area contributed by atoms with Gasteiger partial charge in [0.1, 0.15) is 5.01 Å². The summed E-state index contributed by atoms with van der Waals surface area (Å²) in [7, 11) is 2.22. The van der Waals surface area contributed by atoms with Crippen molar-refractivity contribution in [3.63, 3.8) is 0 Å². The fourth-order valence-electron chi connectivity index (χ4n) is 2.52. The molecule has 3 nitrogen and oxygen atoms in total. The molecule has 0 bridgehead atoms. The fourth-order valence-corrected chi connectivity index (χ4v) is 3.35. The maximum absolute atomic E-state index is 4.80. The minimum absolute atomic E-state index is 0.666. The summed E-state index contributed by atoms with van der Waals surface area (Å²) in [6.45, 7) is 3.40. The van der Waals surface area contributed by atoms with E-state index in [-0.39, 0.29) is 0 Å². The topological polar surface area (TPSA) is 28.2 Å². The van der Waals surface area contributed by atoms with Gasteiger partial charge in [-0.25, -0.2) is 4.98 Å². The van der Waals surface area contributed by atoms with Crippen molar-refractivity contribution in [2.24, 2.45) is 0 Å². The van der Waals surface area contributed by atoms with E-state index in [0.29, 0.717) is 5.92 Å². The summed E-state index contributed by atoms with van der Waals surface area (Å²) in [5, 5.41) is 7.07. The van der Waals surface area contributed by atoms with Gasteiger partial charge in [-0.3, -0.25) is 0 Å². The Morgan fingerprint density at radius 3 is 3.12 bits per heavy atom. The number of rotatable bonds is 4. The first-order valence-corrected chi connectivity index (χ1v) is 7.55. The van der Waals surface area contributed by atoms with Crippen LogP contribution in [0.3, 0.4) is 0 Å². The molecule has 1 N–H and O–H groups in total. The summed E-state index contributed by atoms with van der Waals surface area (Å²) in [5.74, 6) is 0.666. The highest BCUT2D eigenvalue weighted by molar-refractivity contribution is 7.09. The van der Waals surface area contributed by atoms with Gasteiger partial charge in [-0.15, -0.1) is 11.3 Å². The molecule has 4 heteroatoms. The second-order valence-corrected chi connectivity index (χ2v) is 6.37. The maximum atomic E-state index is 4.80. The molecule has 2 aliphatic rings. The first-order chi connectivity index (χ1) is 8.31. The van der Waals surface area contributed by atoms with Crippen LogP contribution in [0, 0.1) is 0 Å². The number of aromatic nitrogens is 1. The van der Waals surface area contributed by atoms with Gasteiger partial charge in [0.05, 0.1) is 5.69 Å². The van der Waals surface area contributed by atoms with Crippen LogP contribution < -0.4 is 5.32 Å². The highest BCUT2D eigenvalue weighted by Gasteiger charge is 2.23. The first kappa shape index (κ1) is 11.6. The number of likely N-dealkylation sites (tertiary alicyclic amines) is 1. The van der Waals surface area contributed by atoms with E-state index in [0.717, 1.165) is 12.6 Å². The largest absolute Gasteiger partial charge is 0.308 e. The summed E-state index contributed by atoms with van der Waals surface area (Å²) in [5.41, 5.74) is 1.33. The quantitative estimate of drug-likeness (QED) is 0.889. The Morgan fingerprint density at radius 1 is 1.47 bits per heavy atom. The lowest BCUT2D eigenvalue weighted by Gasteiger charge is -2.28. The van der Waals surface area contributed by atoms with Crippen LogP contribution >= 0.6 is 11.3 Å². The van der Waals surface area contributed by atoms with Crippen LogP contribution in [-0.2, 0) is 6.54 Å². The van der Waals surface area contributed by atoms with Gasteiger partial charge in [0, 0.05) is 30.4 Å². The second kappa shape index (κ2) is 5.04. The molecule has 0 amide bonds. The second-order valence-electron chi connectivity index (χ2n) is 5.42. The van der Waals surface area contributed by atoms with Gasteiger partial charge >= 0.3 is 0 Å². The van der Waals surface area contributed by atoms with E-state index >= 15 is 0 Å². The molecule has 2 heterocycles. The van der Waals surface area contributed by atoms with Gasteiger partial charge in [0.25, 0.3) is 0 Å². The lowest BCUT2D eigenvalue weighted by Crippen LogP contribution is -2.31. The molecule has 1 aromatic rings. The number of hydrogen-bond donors (Lipinski definition) is 1. The minimum Gasteiger partial charge on any atom is -0.308 e. The smallest absolute Gasteiger partial charge is 0.107 e. The van der Waals surface area contributed by atoms with Gasteiger partial charge in [0.2, 0.25) is 0 Å². The summed E-state index contributed by atoms with van der Waals surface area (Å²) in [4.78, 5) is 7.22. The standard InChI is InChI=1S/C13H21N3S/c1-16-6-2-3-10(8-16)12-9-17-13(15-12)7-14-11-4-5-11/h9-11,14H,2-8H2,1H3. The average molecular weight is 251 g/mol. The zero-order valence-electron chi connectivity index (χ0n) is 10.5. The predicted octanol–water partition coefficient (Wildman–Crippen LogP) is 2.20. The van der Waals surface area contributed by atoms with Gasteiger partial charge < -0.3 is 10.2 Å². The van der Waals surface area contributed by atoms with E-state index in [1.54, 1.807) is 0 Å². The molecular formula is C13H21N3S. The monoisotopic (exact) mass is 251 g/mol. The molecule has 94 valence electrons. The molecule has 1 aliphatic heterocycles. The van der Waals surface area contributed by atoms with Crippen molar-refractivity contribution in [1.29, 1.82) is 0 Å². The third-order valence-electron chi connectivity index (χ3n) is 3.73. The van der Waals surface area contributed by atoms with Gasteiger partial charge in [-0.1, -0.05) is 0 Å². The number of likely N-dealkylation sites (N-methyl/N-ethyl adjacent to an activating group) is 1. The number of piperidine rings is 1. The Labute approximate surface area is 107 Å². The summed E-state index contributed by atoms with van der Waals surface area (Å²) < 4.78 is 0. The van der Waals surface area contributed by atoms with Gasteiger partial charge in [-0.2, -0.15) is 0 Å². The van der Waals surface area contributed by atoms with Crippen LogP contribution in [-0.4, -0.2) is 36.1 Å². The van der Waals surface area contributed by atoms with E-state index in [9.17, 15) is 0 Å². The van der Waals surface area contributed by atoms with Crippen LogP contribution in [0.5, 0.6) is 0 Å². The number of nitrogens with one attached hydrogen (secondary N) is 1. The molecule has 3 rings (SSSR count). The molecule has 0 aromatic carbocycles. The van der Waals surface area contributed by atoms with Crippen molar-refractivity contribution in [3.05, 3.63) is 16.1 Å². The number of thiazole rings is 1. The molecule has 1 atom stereocenters. The molecule has 17 heavy (non-hydrogen) atoms. The fraction of sp³-hybridized carbons (Fsp3) is 0.769. The zero-order valence-corrected chi connectivity index (χ0v) is 11.3. The van der Waals surface area contributed by atoms with E-state index in [2.05, 4.69) is 22.6 Å². The van der Waals surface area contributed by atoms with Crippen LogP contribution in [0.1, 0.15) is 42.3 Å². The van der Waals surface area contributed by atoms with Crippen LogP contribution in [0.15, 0.2) is 5.38 Å². The maximum Gasteiger partial charge on any atom is 0.107 e. The summed E-state index contributed by atoms with van der Waals surface area (Å²) in [6.07, 6.45) is 5.33. The normalized spacial score (nSPS) is 26.3. The highest BCUT2D eigenvalue weighted by Crippen LogP contribution is 2.27. The van der Waals surface area contributed by atoms with E-state index in [1.807, 2.05) is 11.3 Å². The molecule has 1 saturated carbocycles. The van der Waals surface area contributed by atoms with Crippen molar-refractivity contribution < 1.29 is 0 Å². The Hall–Kier alpha value is -0.450. The van der Waals surface area contributed by atoms with E-state index in [1.165, 1.54) is 49.5 Å². The Bertz CT molecular complexity index is 372. The molecule has 0 radical (unpaired) electrons. The number of hydrogen-bond acceptors (Lipinski definition) is 4. The van der Waals surface area contributed by atoms with E-state index in [4.69, 9.17) is 4.98 Å². The van der Waals surface area contributed by atoms with Crippen molar-refractivity contribution in [2.45, 2.75) is 44.2 Å². The molecule has 0 spiro atoms. The first-order valence-electron chi connectivity index (χ1n) is 6.67. The van der Waals surface area contributed by atoms with Gasteiger partial charge in [0.15, 0.2) is 0 Å². The third kappa shape index (κ3) is 3.06. The Balaban J connectivity index is 1.58. The Kier molecular flexibility index (Phi) is 3.45.